The molecule has 1 amide bonds. The molecule has 2 heterocycles. The Morgan fingerprint density at radius 1 is 1.30 bits per heavy atom. The van der Waals surface area contributed by atoms with E-state index in [2.05, 4.69) is 21.6 Å². The summed E-state index contributed by atoms with van der Waals surface area (Å²) in [7, 11) is 0. The minimum absolute atomic E-state index is 0.213. The summed E-state index contributed by atoms with van der Waals surface area (Å²) in [5.74, 6) is -0.280. The first-order valence-electron chi connectivity index (χ1n) is 8.67. The van der Waals surface area contributed by atoms with Crippen molar-refractivity contribution in [1.82, 2.24) is 19.4 Å². The van der Waals surface area contributed by atoms with Gasteiger partial charge in [-0.15, -0.1) is 0 Å². The largest absolute Gasteiger partial charge is 0.280 e. The molecule has 0 saturated carbocycles. The molecule has 0 bridgehead atoms. The Labute approximate surface area is 156 Å². The molecular weight excluding hydrogens is 344 g/mol. The highest BCUT2D eigenvalue weighted by atomic mass is 16.2. The first-order valence-corrected chi connectivity index (χ1v) is 8.67. The Bertz CT molecular complexity index is 1090. The number of carbonyl (C=O) groups excluding carboxylic acids is 1. The number of amides is 1. The van der Waals surface area contributed by atoms with Gasteiger partial charge in [-0.3, -0.25) is 19.7 Å². The molecule has 0 atom stereocenters. The summed E-state index contributed by atoms with van der Waals surface area (Å²) >= 11 is 0. The van der Waals surface area contributed by atoms with Crippen molar-refractivity contribution < 1.29 is 4.79 Å². The minimum atomic E-state index is -0.314. The van der Waals surface area contributed by atoms with Crippen molar-refractivity contribution in [2.75, 3.05) is 5.43 Å². The van der Waals surface area contributed by atoms with E-state index in [4.69, 9.17) is 5.26 Å². The van der Waals surface area contributed by atoms with E-state index in [9.17, 15) is 9.59 Å². The van der Waals surface area contributed by atoms with Crippen LogP contribution in [-0.2, 0) is 17.8 Å². The van der Waals surface area contributed by atoms with Crippen molar-refractivity contribution in [3.8, 4) is 6.07 Å². The zero-order chi connectivity index (χ0) is 19.4. The first-order chi connectivity index (χ1) is 13.0. The van der Waals surface area contributed by atoms with Crippen LogP contribution in [0.2, 0.25) is 0 Å². The average Bonchev–Trinajstić information content (AvgIpc) is 2.94. The third-order valence-electron chi connectivity index (χ3n) is 4.48. The molecule has 3 rings (SSSR count). The molecular formula is C19H20N6O2. The average molecular weight is 364 g/mol. The molecule has 0 unspecified atom stereocenters. The van der Waals surface area contributed by atoms with Crippen LogP contribution in [0, 0.1) is 25.2 Å². The molecule has 0 fully saturated rings. The van der Waals surface area contributed by atoms with E-state index in [1.54, 1.807) is 28.9 Å². The van der Waals surface area contributed by atoms with Crippen molar-refractivity contribution in [2.45, 2.75) is 39.7 Å². The van der Waals surface area contributed by atoms with Gasteiger partial charge in [0.2, 0.25) is 5.91 Å². The van der Waals surface area contributed by atoms with Gasteiger partial charge < -0.3 is 0 Å². The van der Waals surface area contributed by atoms with E-state index >= 15 is 0 Å². The van der Waals surface area contributed by atoms with E-state index in [1.165, 1.54) is 6.33 Å². The van der Waals surface area contributed by atoms with Gasteiger partial charge in [0.05, 0.1) is 35.6 Å². The van der Waals surface area contributed by atoms with Crippen molar-refractivity contribution in [3.63, 3.8) is 0 Å². The second-order valence-corrected chi connectivity index (χ2v) is 6.25. The number of nitrogens with zero attached hydrogens (tertiary/aromatic N) is 5. The predicted octanol–water partition coefficient (Wildman–Crippen LogP) is 1.83. The van der Waals surface area contributed by atoms with Crippen molar-refractivity contribution in [1.29, 1.82) is 5.26 Å². The fourth-order valence-corrected chi connectivity index (χ4v) is 3.05. The van der Waals surface area contributed by atoms with Gasteiger partial charge in [0.15, 0.2) is 0 Å². The maximum absolute atomic E-state index is 12.4. The fraction of sp³-hybridized carbons (Fsp3) is 0.316. The molecule has 8 heteroatoms. The Hall–Kier alpha value is -3.47. The monoisotopic (exact) mass is 364 g/mol. The van der Waals surface area contributed by atoms with Crippen LogP contribution < -0.4 is 11.0 Å². The Morgan fingerprint density at radius 2 is 2.07 bits per heavy atom. The zero-order valence-corrected chi connectivity index (χ0v) is 15.3. The van der Waals surface area contributed by atoms with Crippen molar-refractivity contribution in [3.05, 3.63) is 57.9 Å². The maximum Gasteiger partial charge on any atom is 0.280 e. The Kier molecular flexibility index (Phi) is 5.31. The SMILES string of the molecule is Cc1nn(CCC#N)c(C)c1CCC(=O)Nn1cnc2ccccc2c1=O. The second kappa shape index (κ2) is 7.83. The summed E-state index contributed by atoms with van der Waals surface area (Å²) < 4.78 is 2.91. The maximum atomic E-state index is 12.4. The molecule has 2 aromatic heterocycles. The molecule has 8 nitrogen and oxygen atoms in total. The smallest absolute Gasteiger partial charge is 0.273 e. The number of nitriles is 1. The van der Waals surface area contributed by atoms with Gasteiger partial charge in [-0.25, -0.2) is 9.66 Å². The summed E-state index contributed by atoms with van der Waals surface area (Å²) in [6.45, 7) is 4.36. The van der Waals surface area contributed by atoms with Gasteiger partial charge in [-0.05, 0) is 38.0 Å². The van der Waals surface area contributed by atoms with Gasteiger partial charge >= 0.3 is 0 Å². The highest BCUT2D eigenvalue weighted by Gasteiger charge is 2.14. The number of hydrogen-bond donors (Lipinski definition) is 1. The van der Waals surface area contributed by atoms with Gasteiger partial charge in [0.1, 0.15) is 6.33 Å². The molecule has 0 radical (unpaired) electrons. The van der Waals surface area contributed by atoms with E-state index in [-0.39, 0.29) is 17.9 Å². The van der Waals surface area contributed by atoms with Gasteiger partial charge in [-0.2, -0.15) is 10.4 Å². The van der Waals surface area contributed by atoms with Crippen LogP contribution in [0.25, 0.3) is 10.9 Å². The first kappa shape index (κ1) is 18.3. The van der Waals surface area contributed by atoms with Crippen LogP contribution in [0.15, 0.2) is 35.4 Å². The number of fused-ring (bicyclic) bond motifs is 1. The molecule has 3 aromatic rings. The number of aryl methyl sites for hydroxylation is 2. The molecule has 27 heavy (non-hydrogen) atoms. The van der Waals surface area contributed by atoms with Crippen LogP contribution in [-0.4, -0.2) is 25.3 Å². The number of para-hydroxylation sites is 1. The molecule has 0 saturated heterocycles. The summed E-state index contributed by atoms with van der Waals surface area (Å²) in [4.78, 5) is 28.9. The van der Waals surface area contributed by atoms with E-state index in [0.29, 0.717) is 30.3 Å². The lowest BCUT2D eigenvalue weighted by molar-refractivity contribution is -0.117. The lowest BCUT2D eigenvalue weighted by Crippen LogP contribution is -2.33. The molecule has 1 N–H and O–H groups in total. The lowest BCUT2D eigenvalue weighted by Gasteiger charge is -2.09. The number of aromatic nitrogens is 4. The quantitative estimate of drug-likeness (QED) is 0.718. The highest BCUT2D eigenvalue weighted by Crippen LogP contribution is 2.15. The highest BCUT2D eigenvalue weighted by molar-refractivity contribution is 5.84. The van der Waals surface area contributed by atoms with Crippen molar-refractivity contribution >= 4 is 16.8 Å². The number of hydrogen-bond acceptors (Lipinski definition) is 5. The van der Waals surface area contributed by atoms with E-state index in [1.807, 2.05) is 13.8 Å². The van der Waals surface area contributed by atoms with E-state index < -0.39 is 0 Å². The Morgan fingerprint density at radius 3 is 2.85 bits per heavy atom. The third kappa shape index (κ3) is 3.87. The van der Waals surface area contributed by atoms with Gasteiger partial charge in [-0.1, -0.05) is 12.1 Å². The molecule has 0 aliphatic carbocycles. The summed E-state index contributed by atoms with van der Waals surface area (Å²) in [5.41, 5.74) is 5.66. The normalized spacial score (nSPS) is 10.7. The number of rotatable bonds is 6. The van der Waals surface area contributed by atoms with Crippen LogP contribution in [0.4, 0.5) is 0 Å². The zero-order valence-electron chi connectivity index (χ0n) is 15.3. The van der Waals surface area contributed by atoms with Crippen LogP contribution in [0.3, 0.4) is 0 Å². The molecule has 138 valence electrons. The molecule has 0 spiro atoms. The number of benzene rings is 1. The van der Waals surface area contributed by atoms with Crippen LogP contribution in [0.5, 0.6) is 0 Å². The van der Waals surface area contributed by atoms with Gasteiger partial charge in [0, 0.05) is 12.1 Å². The summed E-state index contributed by atoms with van der Waals surface area (Å²) in [6, 6.07) is 9.09. The molecule has 1 aromatic carbocycles. The number of nitrogens with one attached hydrogen (secondary N) is 1. The molecule has 0 aliphatic rings. The Balaban J connectivity index is 1.69. The summed E-state index contributed by atoms with van der Waals surface area (Å²) in [6.07, 6.45) is 2.43. The minimum Gasteiger partial charge on any atom is -0.273 e. The topological polar surface area (TPSA) is 106 Å². The second-order valence-electron chi connectivity index (χ2n) is 6.25. The lowest BCUT2D eigenvalue weighted by atomic mass is 10.1. The van der Waals surface area contributed by atoms with Crippen molar-refractivity contribution in [2.24, 2.45) is 0 Å². The number of carbonyl (C=O) groups is 1. The third-order valence-corrected chi connectivity index (χ3v) is 4.48. The standard InChI is InChI=1S/C19H20N6O2/c1-13-15(14(2)24(22-13)11-5-10-20)8-9-18(26)23-25-12-21-17-7-4-3-6-16(17)19(25)27/h3-4,6-7,12H,5,8-9,11H2,1-2H3,(H,23,26). The van der Waals surface area contributed by atoms with Crippen LogP contribution >= 0.6 is 0 Å². The van der Waals surface area contributed by atoms with E-state index in [0.717, 1.165) is 21.6 Å². The van der Waals surface area contributed by atoms with Gasteiger partial charge in [0.25, 0.3) is 5.56 Å². The predicted molar refractivity (Wildman–Crippen MR) is 101 cm³/mol. The molecule has 0 aliphatic heterocycles. The fourth-order valence-electron chi connectivity index (χ4n) is 3.05. The van der Waals surface area contributed by atoms with Crippen LogP contribution in [0.1, 0.15) is 29.8 Å². The summed E-state index contributed by atoms with van der Waals surface area (Å²) in [5, 5.41) is 13.6.